The molecule has 3 aromatic heterocycles. The molecule has 3 heterocycles. The average Bonchev–Trinajstić information content (AvgIpc) is 3.51. The van der Waals surface area contributed by atoms with Crippen molar-refractivity contribution < 1.29 is 14.7 Å². The lowest BCUT2D eigenvalue weighted by Gasteiger charge is -2.24. The predicted octanol–water partition coefficient (Wildman–Crippen LogP) is 3.57. The number of carbonyl (C=O) groups excluding carboxylic acids is 2. The standard InChI is InChI=1S/C29H29ClN6O3/c1-19-21(13-16-37)28-22(30)9-6-10-24(28)35(19)18-27(38)32-23(17-20-7-4-3-5-8-20)29(39)34(2)26-12-11-25-31-14-15-36(25)33-26/h3-12,14-15,23,37H,13,16-18H2,1-2H3,(H,32,38)/t23-/m0/s1. The van der Waals surface area contributed by atoms with Crippen LogP contribution in [0.3, 0.4) is 0 Å². The van der Waals surface area contributed by atoms with Crippen molar-refractivity contribution in [3.8, 4) is 0 Å². The summed E-state index contributed by atoms with van der Waals surface area (Å²) in [5.41, 5.74) is 4.15. The number of fused-ring (bicyclic) bond motifs is 2. The highest BCUT2D eigenvalue weighted by atomic mass is 35.5. The van der Waals surface area contributed by atoms with Crippen LogP contribution in [0.15, 0.2) is 73.1 Å². The average molecular weight is 545 g/mol. The Morgan fingerprint density at radius 1 is 1.10 bits per heavy atom. The third-order valence-electron chi connectivity index (χ3n) is 6.92. The van der Waals surface area contributed by atoms with Gasteiger partial charge < -0.3 is 15.0 Å². The summed E-state index contributed by atoms with van der Waals surface area (Å²) >= 11 is 6.50. The zero-order valence-electron chi connectivity index (χ0n) is 21.7. The van der Waals surface area contributed by atoms with Crippen molar-refractivity contribution >= 4 is 45.8 Å². The van der Waals surface area contributed by atoms with E-state index >= 15 is 0 Å². The van der Waals surface area contributed by atoms with Crippen molar-refractivity contribution in [2.75, 3.05) is 18.6 Å². The Balaban J connectivity index is 1.42. The number of rotatable bonds is 9. The predicted molar refractivity (Wildman–Crippen MR) is 151 cm³/mol. The van der Waals surface area contributed by atoms with Crippen LogP contribution in [0.5, 0.6) is 0 Å². The van der Waals surface area contributed by atoms with Crippen LogP contribution in [0.2, 0.25) is 5.02 Å². The first kappa shape index (κ1) is 26.4. The maximum Gasteiger partial charge on any atom is 0.250 e. The van der Waals surface area contributed by atoms with E-state index in [9.17, 15) is 14.7 Å². The number of carbonyl (C=O) groups is 2. The molecule has 0 aliphatic rings. The lowest BCUT2D eigenvalue weighted by Crippen LogP contribution is -2.49. The fraction of sp³-hybridized carbons (Fsp3) is 0.241. The van der Waals surface area contributed by atoms with Crippen molar-refractivity contribution in [1.29, 1.82) is 0 Å². The van der Waals surface area contributed by atoms with Crippen LogP contribution in [0.25, 0.3) is 16.6 Å². The van der Waals surface area contributed by atoms with Crippen LogP contribution < -0.4 is 10.2 Å². The van der Waals surface area contributed by atoms with Gasteiger partial charge in [0.15, 0.2) is 11.5 Å². The number of hydrogen-bond donors (Lipinski definition) is 2. The Bertz CT molecular complexity index is 1650. The normalized spacial score (nSPS) is 12.1. The molecule has 9 nitrogen and oxygen atoms in total. The monoisotopic (exact) mass is 544 g/mol. The van der Waals surface area contributed by atoms with Crippen LogP contribution in [0.1, 0.15) is 16.8 Å². The van der Waals surface area contributed by atoms with Crippen LogP contribution in [0, 0.1) is 6.92 Å². The molecule has 0 spiro atoms. The molecule has 5 rings (SSSR count). The first-order valence-electron chi connectivity index (χ1n) is 12.7. The first-order chi connectivity index (χ1) is 18.9. The number of hydrogen-bond acceptors (Lipinski definition) is 5. The number of imidazole rings is 1. The highest BCUT2D eigenvalue weighted by Crippen LogP contribution is 2.32. The fourth-order valence-electron chi connectivity index (χ4n) is 4.95. The summed E-state index contributed by atoms with van der Waals surface area (Å²) in [7, 11) is 1.64. The second-order valence-electron chi connectivity index (χ2n) is 9.39. The van der Waals surface area contributed by atoms with Crippen molar-refractivity contribution in [2.45, 2.75) is 32.4 Å². The second-order valence-corrected chi connectivity index (χ2v) is 9.79. The van der Waals surface area contributed by atoms with Gasteiger partial charge in [-0.15, -0.1) is 5.10 Å². The Morgan fingerprint density at radius 2 is 1.90 bits per heavy atom. The Hall–Kier alpha value is -4.21. The van der Waals surface area contributed by atoms with Gasteiger partial charge in [-0.1, -0.05) is 48.0 Å². The molecule has 0 bridgehead atoms. The minimum absolute atomic E-state index is 0.00433. The summed E-state index contributed by atoms with van der Waals surface area (Å²) < 4.78 is 3.47. The maximum atomic E-state index is 13.7. The van der Waals surface area contributed by atoms with Crippen molar-refractivity contribution in [3.63, 3.8) is 0 Å². The molecule has 2 N–H and O–H groups in total. The van der Waals surface area contributed by atoms with E-state index in [0.29, 0.717) is 29.3 Å². The van der Waals surface area contributed by atoms with Gasteiger partial charge in [-0.05, 0) is 48.7 Å². The summed E-state index contributed by atoms with van der Waals surface area (Å²) in [6.07, 6.45) is 4.09. The van der Waals surface area contributed by atoms with Gasteiger partial charge in [0.25, 0.3) is 5.91 Å². The van der Waals surface area contributed by atoms with Gasteiger partial charge in [0, 0.05) is 43.5 Å². The number of benzene rings is 2. The Kier molecular flexibility index (Phi) is 7.63. The third kappa shape index (κ3) is 5.36. The first-order valence-corrected chi connectivity index (χ1v) is 13.0. The summed E-state index contributed by atoms with van der Waals surface area (Å²) in [4.78, 5) is 32.8. The Morgan fingerprint density at radius 3 is 2.67 bits per heavy atom. The molecule has 0 aliphatic heterocycles. The molecule has 0 aliphatic carbocycles. The zero-order chi connectivity index (χ0) is 27.5. The molecule has 39 heavy (non-hydrogen) atoms. The highest BCUT2D eigenvalue weighted by molar-refractivity contribution is 6.35. The van der Waals surface area contributed by atoms with E-state index in [0.717, 1.165) is 27.7 Å². The summed E-state index contributed by atoms with van der Waals surface area (Å²) in [6, 6.07) is 17.8. The molecule has 0 saturated heterocycles. The molecule has 1 atom stereocenters. The van der Waals surface area contributed by atoms with Crippen molar-refractivity contribution in [1.82, 2.24) is 24.5 Å². The van der Waals surface area contributed by atoms with Crippen LogP contribution in [0.4, 0.5) is 5.82 Å². The third-order valence-corrected chi connectivity index (χ3v) is 7.24. The minimum Gasteiger partial charge on any atom is -0.396 e. The molecular weight excluding hydrogens is 516 g/mol. The van der Waals surface area contributed by atoms with Gasteiger partial charge in [0.1, 0.15) is 12.6 Å². The van der Waals surface area contributed by atoms with E-state index in [1.807, 2.05) is 54.0 Å². The number of aliphatic hydroxyl groups excluding tert-OH is 1. The van der Waals surface area contributed by atoms with Crippen LogP contribution in [-0.2, 0) is 29.0 Å². The maximum absolute atomic E-state index is 13.7. The second kappa shape index (κ2) is 11.3. The van der Waals surface area contributed by atoms with Crippen molar-refractivity contribution in [3.05, 3.63) is 94.9 Å². The Labute approximate surface area is 230 Å². The quantitative estimate of drug-likeness (QED) is 0.295. The number of aromatic nitrogens is 4. The smallest absolute Gasteiger partial charge is 0.250 e. The van der Waals surface area contributed by atoms with Gasteiger partial charge in [-0.25, -0.2) is 9.50 Å². The molecule has 200 valence electrons. The van der Waals surface area contributed by atoms with E-state index in [4.69, 9.17) is 11.6 Å². The van der Waals surface area contributed by atoms with Gasteiger partial charge in [0.05, 0.1) is 10.5 Å². The zero-order valence-corrected chi connectivity index (χ0v) is 22.5. The van der Waals surface area contributed by atoms with E-state index in [1.54, 1.807) is 42.2 Å². The van der Waals surface area contributed by atoms with E-state index in [2.05, 4.69) is 15.4 Å². The van der Waals surface area contributed by atoms with Crippen LogP contribution in [-0.4, -0.2) is 55.8 Å². The van der Waals surface area contributed by atoms with Gasteiger partial charge >= 0.3 is 0 Å². The number of halogens is 1. The highest BCUT2D eigenvalue weighted by Gasteiger charge is 2.27. The van der Waals surface area contributed by atoms with E-state index in [-0.39, 0.29) is 25.0 Å². The fourth-order valence-corrected chi connectivity index (χ4v) is 5.23. The molecular formula is C29H29ClN6O3. The molecule has 10 heteroatoms. The number of nitrogens with one attached hydrogen (secondary N) is 1. The van der Waals surface area contributed by atoms with Crippen molar-refractivity contribution in [2.24, 2.45) is 0 Å². The molecule has 5 aromatic rings. The van der Waals surface area contributed by atoms with Gasteiger partial charge in [-0.3, -0.25) is 14.5 Å². The molecule has 2 aromatic carbocycles. The number of amides is 2. The molecule has 2 amide bonds. The summed E-state index contributed by atoms with van der Waals surface area (Å²) in [6.45, 7) is 1.87. The lowest BCUT2D eigenvalue weighted by atomic mass is 10.0. The number of aliphatic hydroxyl groups is 1. The van der Waals surface area contributed by atoms with E-state index in [1.165, 1.54) is 4.90 Å². The summed E-state index contributed by atoms with van der Waals surface area (Å²) in [5, 5.41) is 18.5. The van der Waals surface area contributed by atoms with Crippen LogP contribution >= 0.6 is 11.6 Å². The SMILES string of the molecule is Cc1c(CCO)c2c(Cl)cccc2n1CC(=O)N[C@@H](Cc1ccccc1)C(=O)N(C)c1ccc2nccn2n1. The number of likely N-dealkylation sites (N-methyl/N-ethyl adjacent to an activating group) is 1. The van der Waals surface area contributed by atoms with Gasteiger partial charge in [0.2, 0.25) is 5.91 Å². The number of anilines is 1. The molecule has 0 unspecified atom stereocenters. The van der Waals surface area contributed by atoms with E-state index < -0.39 is 6.04 Å². The summed E-state index contributed by atoms with van der Waals surface area (Å²) in [5.74, 6) is -0.170. The topological polar surface area (TPSA) is 105 Å². The molecule has 0 fully saturated rings. The molecule has 0 radical (unpaired) electrons. The number of nitrogens with zero attached hydrogens (tertiary/aromatic N) is 5. The lowest BCUT2D eigenvalue weighted by molar-refractivity contribution is -0.127. The molecule has 0 saturated carbocycles. The minimum atomic E-state index is -0.826. The largest absolute Gasteiger partial charge is 0.396 e. The van der Waals surface area contributed by atoms with Gasteiger partial charge in [-0.2, -0.15) is 0 Å².